The molecule has 0 saturated carbocycles. The van der Waals surface area contributed by atoms with Crippen LogP contribution in [0, 0.1) is 0 Å². The van der Waals surface area contributed by atoms with E-state index >= 15 is 0 Å². The van der Waals surface area contributed by atoms with Gasteiger partial charge < -0.3 is 28.4 Å². The summed E-state index contributed by atoms with van der Waals surface area (Å²) in [5.74, 6) is 1.44. The molecular formula is C17H26O6. The number of hydrogen-bond donors (Lipinski definition) is 0. The molecule has 0 saturated heterocycles. The van der Waals surface area contributed by atoms with Gasteiger partial charge in [0, 0.05) is 13.2 Å². The molecule has 1 aliphatic heterocycles. The van der Waals surface area contributed by atoms with Crippen LogP contribution in [0.1, 0.15) is 6.42 Å². The van der Waals surface area contributed by atoms with Gasteiger partial charge >= 0.3 is 0 Å². The number of rotatable bonds is 0. The molecule has 1 aliphatic rings. The maximum atomic E-state index is 5.71. The van der Waals surface area contributed by atoms with Crippen molar-refractivity contribution in [3.05, 3.63) is 24.3 Å². The van der Waals surface area contributed by atoms with E-state index in [4.69, 9.17) is 28.4 Å². The second-order valence-electron chi connectivity index (χ2n) is 4.95. The fourth-order valence-electron chi connectivity index (χ4n) is 2.02. The zero-order chi connectivity index (χ0) is 16.0. The lowest BCUT2D eigenvalue weighted by molar-refractivity contribution is 0.00554. The van der Waals surface area contributed by atoms with Crippen LogP contribution in [0.5, 0.6) is 11.5 Å². The van der Waals surface area contributed by atoms with Crippen molar-refractivity contribution >= 4 is 0 Å². The molecule has 0 radical (unpaired) electrons. The SMILES string of the molecule is c1ccc2c(c1)OCCOCCCOCCOCCOCCO2. The van der Waals surface area contributed by atoms with Gasteiger partial charge in [0.25, 0.3) is 0 Å². The van der Waals surface area contributed by atoms with Crippen molar-refractivity contribution in [1.29, 1.82) is 0 Å². The lowest BCUT2D eigenvalue weighted by Gasteiger charge is -2.13. The molecular weight excluding hydrogens is 300 g/mol. The Bertz CT molecular complexity index is 375. The van der Waals surface area contributed by atoms with E-state index < -0.39 is 0 Å². The average molecular weight is 326 g/mol. The molecule has 1 aromatic carbocycles. The van der Waals surface area contributed by atoms with Gasteiger partial charge in [-0.3, -0.25) is 0 Å². The summed E-state index contributed by atoms with van der Waals surface area (Å²) >= 11 is 0. The van der Waals surface area contributed by atoms with Crippen molar-refractivity contribution in [2.45, 2.75) is 6.42 Å². The first-order valence-corrected chi connectivity index (χ1v) is 8.12. The van der Waals surface area contributed by atoms with Gasteiger partial charge in [-0.2, -0.15) is 0 Å². The maximum absolute atomic E-state index is 5.71. The minimum Gasteiger partial charge on any atom is -0.487 e. The van der Waals surface area contributed by atoms with Gasteiger partial charge in [0.05, 0.1) is 39.6 Å². The van der Waals surface area contributed by atoms with E-state index in [0.717, 1.165) is 17.9 Å². The second kappa shape index (κ2) is 12.1. The third-order valence-electron chi connectivity index (χ3n) is 3.14. The van der Waals surface area contributed by atoms with E-state index in [0.29, 0.717) is 66.1 Å². The largest absolute Gasteiger partial charge is 0.487 e. The van der Waals surface area contributed by atoms with Gasteiger partial charge in [-0.05, 0) is 18.6 Å². The predicted octanol–water partition coefficient (Wildman–Crippen LogP) is 1.91. The summed E-state index contributed by atoms with van der Waals surface area (Å²) in [4.78, 5) is 0. The molecule has 0 aliphatic carbocycles. The molecule has 0 atom stereocenters. The molecule has 130 valence electrons. The Hall–Kier alpha value is -1.34. The molecule has 1 heterocycles. The quantitative estimate of drug-likeness (QED) is 0.726. The Kier molecular flexibility index (Phi) is 9.49. The van der Waals surface area contributed by atoms with E-state index in [1.165, 1.54) is 0 Å². The Morgan fingerprint density at radius 2 is 0.870 bits per heavy atom. The Morgan fingerprint density at radius 1 is 0.478 bits per heavy atom. The molecule has 0 spiro atoms. The van der Waals surface area contributed by atoms with Crippen molar-refractivity contribution in [3.8, 4) is 11.5 Å². The highest BCUT2D eigenvalue weighted by molar-refractivity contribution is 5.39. The highest BCUT2D eigenvalue weighted by Crippen LogP contribution is 2.26. The van der Waals surface area contributed by atoms with Crippen LogP contribution in [0.4, 0.5) is 0 Å². The van der Waals surface area contributed by atoms with Gasteiger partial charge in [0.1, 0.15) is 13.2 Å². The molecule has 23 heavy (non-hydrogen) atoms. The Labute approximate surface area is 137 Å². The second-order valence-corrected chi connectivity index (χ2v) is 4.95. The van der Waals surface area contributed by atoms with Crippen molar-refractivity contribution in [2.75, 3.05) is 66.1 Å². The zero-order valence-corrected chi connectivity index (χ0v) is 13.5. The van der Waals surface area contributed by atoms with E-state index in [9.17, 15) is 0 Å². The van der Waals surface area contributed by atoms with E-state index in [1.807, 2.05) is 24.3 Å². The first kappa shape index (κ1) is 18.0. The van der Waals surface area contributed by atoms with E-state index in [2.05, 4.69) is 0 Å². The van der Waals surface area contributed by atoms with Gasteiger partial charge in [0.15, 0.2) is 11.5 Å². The Morgan fingerprint density at radius 3 is 1.35 bits per heavy atom. The molecule has 0 bridgehead atoms. The summed E-state index contributed by atoms with van der Waals surface area (Å²) in [6, 6.07) is 7.62. The smallest absolute Gasteiger partial charge is 0.161 e. The van der Waals surface area contributed by atoms with Crippen LogP contribution >= 0.6 is 0 Å². The van der Waals surface area contributed by atoms with Crippen LogP contribution in [0.25, 0.3) is 0 Å². The fourth-order valence-corrected chi connectivity index (χ4v) is 2.02. The summed E-state index contributed by atoms with van der Waals surface area (Å²) in [6.45, 7) is 5.65. The van der Waals surface area contributed by atoms with Crippen LogP contribution in [0.3, 0.4) is 0 Å². The molecule has 0 unspecified atom stereocenters. The van der Waals surface area contributed by atoms with E-state index in [1.54, 1.807) is 0 Å². The minimum absolute atomic E-state index is 0.472. The number of fused-ring (bicyclic) bond motifs is 1. The lowest BCUT2D eigenvalue weighted by Crippen LogP contribution is -2.13. The Balaban J connectivity index is 1.77. The van der Waals surface area contributed by atoms with Gasteiger partial charge in [0.2, 0.25) is 0 Å². The molecule has 2 rings (SSSR count). The molecule has 6 nitrogen and oxygen atoms in total. The highest BCUT2D eigenvalue weighted by atomic mass is 16.6. The summed E-state index contributed by atoms with van der Waals surface area (Å²) < 4.78 is 33.3. The summed E-state index contributed by atoms with van der Waals surface area (Å²) in [5.41, 5.74) is 0. The first-order chi connectivity index (χ1) is 11.5. The number of hydrogen-bond acceptors (Lipinski definition) is 6. The fraction of sp³-hybridized carbons (Fsp3) is 0.647. The maximum Gasteiger partial charge on any atom is 0.161 e. The summed E-state index contributed by atoms with van der Waals surface area (Å²) in [5, 5.41) is 0. The number of para-hydroxylation sites is 2. The number of benzene rings is 1. The van der Waals surface area contributed by atoms with Crippen LogP contribution in [0.15, 0.2) is 24.3 Å². The number of ether oxygens (including phenoxy) is 6. The van der Waals surface area contributed by atoms with Crippen molar-refractivity contribution in [2.24, 2.45) is 0 Å². The average Bonchev–Trinajstić information content (AvgIpc) is 2.58. The lowest BCUT2D eigenvalue weighted by atomic mass is 10.3. The summed E-state index contributed by atoms with van der Waals surface area (Å²) in [7, 11) is 0. The van der Waals surface area contributed by atoms with Crippen LogP contribution in [-0.4, -0.2) is 66.1 Å². The van der Waals surface area contributed by atoms with Gasteiger partial charge in [-0.15, -0.1) is 0 Å². The minimum atomic E-state index is 0.472. The molecule has 0 amide bonds. The molecule has 6 heteroatoms. The summed E-state index contributed by atoms with van der Waals surface area (Å²) in [6.07, 6.45) is 0.864. The molecule has 0 aromatic heterocycles. The normalized spacial score (nSPS) is 20.0. The zero-order valence-electron chi connectivity index (χ0n) is 13.5. The standard InChI is InChI=1S/C17H26O6/c1-2-5-17-16(4-1)22-14-12-19-7-3-6-18-8-9-20-10-11-21-13-15-23-17/h1-2,4-5H,3,6-15H2. The highest BCUT2D eigenvalue weighted by Gasteiger charge is 2.04. The van der Waals surface area contributed by atoms with Crippen LogP contribution in [-0.2, 0) is 18.9 Å². The molecule has 0 fully saturated rings. The topological polar surface area (TPSA) is 55.4 Å². The van der Waals surface area contributed by atoms with Crippen LogP contribution in [0.2, 0.25) is 0 Å². The first-order valence-electron chi connectivity index (χ1n) is 8.12. The third-order valence-corrected chi connectivity index (χ3v) is 3.14. The van der Waals surface area contributed by atoms with Crippen LogP contribution < -0.4 is 9.47 Å². The van der Waals surface area contributed by atoms with Crippen molar-refractivity contribution in [1.82, 2.24) is 0 Å². The monoisotopic (exact) mass is 326 g/mol. The third kappa shape index (κ3) is 8.18. The van der Waals surface area contributed by atoms with Crippen molar-refractivity contribution in [3.63, 3.8) is 0 Å². The van der Waals surface area contributed by atoms with Gasteiger partial charge in [-0.25, -0.2) is 0 Å². The van der Waals surface area contributed by atoms with E-state index in [-0.39, 0.29) is 0 Å². The molecule has 1 aromatic rings. The molecule has 0 N–H and O–H groups in total. The predicted molar refractivity (Wildman–Crippen MR) is 85.3 cm³/mol. The van der Waals surface area contributed by atoms with Gasteiger partial charge in [-0.1, -0.05) is 12.1 Å². The van der Waals surface area contributed by atoms with Crippen molar-refractivity contribution < 1.29 is 28.4 Å².